The number of allylic oxidation sites excluding steroid dienone is 1. The zero-order valence-corrected chi connectivity index (χ0v) is 18.6. The summed E-state index contributed by atoms with van der Waals surface area (Å²) in [5.41, 5.74) is 1.81. The molecule has 1 aromatic rings. The van der Waals surface area contributed by atoms with Gasteiger partial charge in [-0.05, 0) is 51.3 Å². The fraction of sp³-hybridized carbons (Fsp3) is 0.500. The van der Waals surface area contributed by atoms with Crippen LogP contribution in [0.4, 0.5) is 0 Å². The molecule has 156 valence electrons. The molecule has 2 aliphatic heterocycles. The summed E-state index contributed by atoms with van der Waals surface area (Å²) in [6, 6.07) is 7.00. The number of amides is 1. The van der Waals surface area contributed by atoms with E-state index in [4.69, 9.17) is 9.47 Å². The zero-order chi connectivity index (χ0) is 21.3. The molecule has 0 aliphatic carbocycles. The molecular weight excluding hydrogens is 388 g/mol. The zero-order valence-electron chi connectivity index (χ0n) is 17.8. The molecule has 7 heteroatoms. The number of thioether (sulfide) groups is 1. The van der Waals surface area contributed by atoms with Crippen LogP contribution in [0.1, 0.15) is 53.1 Å². The third-order valence-electron chi connectivity index (χ3n) is 4.60. The van der Waals surface area contributed by atoms with E-state index in [0.717, 1.165) is 11.3 Å². The summed E-state index contributed by atoms with van der Waals surface area (Å²) in [6.07, 6.45) is -0.261. The summed E-state index contributed by atoms with van der Waals surface area (Å²) in [4.78, 5) is 32.0. The van der Waals surface area contributed by atoms with Crippen LogP contribution in [0.5, 0.6) is 5.75 Å². The van der Waals surface area contributed by atoms with E-state index in [1.165, 1.54) is 11.8 Å². The Morgan fingerprint density at radius 1 is 1.21 bits per heavy atom. The van der Waals surface area contributed by atoms with E-state index in [0.29, 0.717) is 29.0 Å². The van der Waals surface area contributed by atoms with E-state index < -0.39 is 12.0 Å². The molecule has 0 aromatic heterocycles. The van der Waals surface area contributed by atoms with Gasteiger partial charge in [-0.25, -0.2) is 9.79 Å². The summed E-state index contributed by atoms with van der Waals surface area (Å²) < 4.78 is 11.2. The summed E-state index contributed by atoms with van der Waals surface area (Å²) in [5, 5.41) is 0.393. The van der Waals surface area contributed by atoms with Gasteiger partial charge in [0.1, 0.15) is 5.75 Å². The number of aliphatic imine (C=N–C) groups is 1. The van der Waals surface area contributed by atoms with Crippen LogP contribution in [0.3, 0.4) is 0 Å². The van der Waals surface area contributed by atoms with Gasteiger partial charge in [0, 0.05) is 0 Å². The number of nitrogens with zero attached hydrogens (tertiary/aromatic N) is 2. The molecule has 1 amide bonds. The van der Waals surface area contributed by atoms with Gasteiger partial charge in [-0.3, -0.25) is 9.69 Å². The quantitative estimate of drug-likeness (QED) is 0.646. The second kappa shape index (κ2) is 8.61. The van der Waals surface area contributed by atoms with Crippen molar-refractivity contribution in [3.05, 3.63) is 41.1 Å². The lowest BCUT2D eigenvalue weighted by atomic mass is 9.94. The highest BCUT2D eigenvalue weighted by molar-refractivity contribution is 8.15. The van der Waals surface area contributed by atoms with Crippen LogP contribution in [-0.2, 0) is 14.3 Å². The smallest absolute Gasteiger partial charge is 0.338 e. The van der Waals surface area contributed by atoms with Gasteiger partial charge in [0.05, 0.1) is 35.3 Å². The molecule has 3 rings (SSSR count). The number of hydrogen-bond acceptors (Lipinski definition) is 6. The van der Waals surface area contributed by atoms with Crippen molar-refractivity contribution in [1.29, 1.82) is 0 Å². The first-order valence-corrected chi connectivity index (χ1v) is 10.8. The molecule has 6 nitrogen and oxygen atoms in total. The van der Waals surface area contributed by atoms with E-state index in [9.17, 15) is 9.59 Å². The fourth-order valence-electron chi connectivity index (χ4n) is 3.27. The molecule has 2 heterocycles. The highest BCUT2D eigenvalue weighted by Crippen LogP contribution is 2.43. The van der Waals surface area contributed by atoms with Gasteiger partial charge in [-0.15, -0.1) is 0 Å². The lowest BCUT2D eigenvalue weighted by Gasteiger charge is -2.33. The molecule has 29 heavy (non-hydrogen) atoms. The second-order valence-electron chi connectivity index (χ2n) is 7.99. The lowest BCUT2D eigenvalue weighted by molar-refractivity contribution is -0.143. The molecule has 1 aromatic carbocycles. The first-order chi connectivity index (χ1) is 13.7. The van der Waals surface area contributed by atoms with Crippen molar-refractivity contribution >= 4 is 28.8 Å². The van der Waals surface area contributed by atoms with Crippen LogP contribution in [0.15, 0.2) is 40.5 Å². The van der Waals surface area contributed by atoms with Gasteiger partial charge < -0.3 is 9.47 Å². The van der Waals surface area contributed by atoms with Crippen LogP contribution in [0.25, 0.3) is 0 Å². The number of carbonyl (C=O) groups excluding carboxylic acids is 2. The molecule has 2 atom stereocenters. The van der Waals surface area contributed by atoms with Crippen molar-refractivity contribution in [3.63, 3.8) is 0 Å². The average molecular weight is 417 g/mol. The molecule has 1 saturated heterocycles. The molecule has 0 radical (unpaired) electrons. The summed E-state index contributed by atoms with van der Waals surface area (Å²) in [6.45, 7) is 12.1. The Kier molecular flexibility index (Phi) is 6.36. The van der Waals surface area contributed by atoms with Gasteiger partial charge in [0.15, 0.2) is 5.17 Å². The molecule has 2 aliphatic rings. The summed E-state index contributed by atoms with van der Waals surface area (Å²) in [7, 11) is 0. The van der Waals surface area contributed by atoms with Crippen molar-refractivity contribution in [2.24, 2.45) is 10.9 Å². The molecule has 0 bridgehead atoms. The minimum atomic E-state index is -0.558. The maximum atomic E-state index is 12.9. The number of fused-ring (bicyclic) bond motifs is 1. The van der Waals surface area contributed by atoms with Crippen LogP contribution in [-0.4, -0.2) is 39.9 Å². The summed E-state index contributed by atoms with van der Waals surface area (Å²) in [5.74, 6) is 0.689. The Labute approximate surface area is 176 Å². The van der Waals surface area contributed by atoms with E-state index in [1.807, 2.05) is 31.2 Å². The van der Waals surface area contributed by atoms with Gasteiger partial charge >= 0.3 is 5.97 Å². The SMILES string of the molecule is CC1=C(C(=O)OC(C)C)C(c2ccc(OCC(C)C)cc2)N2C(=O)C(C)SC2=N1. The molecule has 2 unspecified atom stereocenters. The van der Waals surface area contributed by atoms with Gasteiger partial charge in [0.2, 0.25) is 5.91 Å². The van der Waals surface area contributed by atoms with E-state index in [1.54, 1.807) is 25.7 Å². The molecule has 0 saturated carbocycles. The minimum absolute atomic E-state index is 0.0544. The van der Waals surface area contributed by atoms with E-state index >= 15 is 0 Å². The topological polar surface area (TPSA) is 68.2 Å². The highest BCUT2D eigenvalue weighted by Gasteiger charge is 2.46. The Morgan fingerprint density at radius 2 is 1.86 bits per heavy atom. The predicted octanol–water partition coefficient (Wildman–Crippen LogP) is 4.32. The molecular formula is C22H28N2O4S. The largest absolute Gasteiger partial charge is 0.493 e. The standard InChI is InChI=1S/C22H28N2O4S/c1-12(2)11-27-17-9-7-16(8-10-17)19-18(21(26)28-13(3)4)14(5)23-22-24(19)20(25)15(6)29-22/h7-10,12-13,15,19H,11H2,1-6H3. The van der Waals surface area contributed by atoms with Gasteiger partial charge in [0.25, 0.3) is 0 Å². The normalized spacial score (nSPS) is 21.6. The first kappa shape index (κ1) is 21.4. The van der Waals surface area contributed by atoms with Crippen molar-refractivity contribution in [2.45, 2.75) is 58.9 Å². The highest BCUT2D eigenvalue weighted by atomic mass is 32.2. The minimum Gasteiger partial charge on any atom is -0.493 e. The maximum absolute atomic E-state index is 12.9. The Bertz CT molecular complexity index is 858. The fourth-order valence-corrected chi connectivity index (χ4v) is 4.30. The first-order valence-electron chi connectivity index (χ1n) is 9.92. The second-order valence-corrected chi connectivity index (χ2v) is 9.30. The number of ether oxygens (including phenoxy) is 2. The molecule has 1 fully saturated rings. The number of amidine groups is 1. The van der Waals surface area contributed by atoms with Gasteiger partial charge in [-0.1, -0.05) is 37.7 Å². The summed E-state index contributed by atoms with van der Waals surface area (Å²) >= 11 is 1.42. The van der Waals surface area contributed by atoms with Crippen LogP contribution < -0.4 is 4.74 Å². The molecule has 0 N–H and O–H groups in total. The van der Waals surface area contributed by atoms with E-state index in [-0.39, 0.29) is 17.3 Å². The third kappa shape index (κ3) is 4.50. The Hall–Kier alpha value is -2.28. The van der Waals surface area contributed by atoms with Crippen molar-refractivity contribution in [1.82, 2.24) is 4.90 Å². The Balaban J connectivity index is 2.00. The maximum Gasteiger partial charge on any atom is 0.338 e. The number of esters is 1. The van der Waals surface area contributed by atoms with Crippen LogP contribution in [0.2, 0.25) is 0 Å². The lowest BCUT2D eigenvalue weighted by Crippen LogP contribution is -2.40. The number of rotatable bonds is 6. The average Bonchev–Trinajstić information content (AvgIpc) is 2.92. The van der Waals surface area contributed by atoms with Crippen molar-refractivity contribution in [3.8, 4) is 5.75 Å². The predicted molar refractivity (Wildman–Crippen MR) is 115 cm³/mol. The molecule has 0 spiro atoms. The monoisotopic (exact) mass is 416 g/mol. The van der Waals surface area contributed by atoms with Crippen LogP contribution >= 0.6 is 11.8 Å². The third-order valence-corrected chi connectivity index (χ3v) is 5.65. The van der Waals surface area contributed by atoms with Crippen LogP contribution in [0, 0.1) is 5.92 Å². The van der Waals surface area contributed by atoms with Gasteiger partial charge in [-0.2, -0.15) is 0 Å². The number of carbonyl (C=O) groups is 2. The van der Waals surface area contributed by atoms with Crippen molar-refractivity contribution < 1.29 is 19.1 Å². The van der Waals surface area contributed by atoms with E-state index in [2.05, 4.69) is 18.8 Å². The van der Waals surface area contributed by atoms with Crippen molar-refractivity contribution in [2.75, 3.05) is 6.61 Å². The number of hydrogen-bond donors (Lipinski definition) is 0. The number of benzene rings is 1. The Morgan fingerprint density at radius 3 is 2.45 bits per heavy atom.